The van der Waals surface area contributed by atoms with Crippen molar-refractivity contribution in [2.75, 3.05) is 12.4 Å². The summed E-state index contributed by atoms with van der Waals surface area (Å²) in [5.41, 5.74) is 2.16. The maximum absolute atomic E-state index is 4.64. The highest BCUT2D eigenvalue weighted by Crippen LogP contribution is 2.26. The van der Waals surface area contributed by atoms with Crippen molar-refractivity contribution in [1.82, 2.24) is 15.0 Å². The van der Waals surface area contributed by atoms with Gasteiger partial charge in [-0.3, -0.25) is 0 Å². The Balaban J connectivity index is 1.90. The van der Waals surface area contributed by atoms with Gasteiger partial charge in [-0.15, -0.1) is 0 Å². The van der Waals surface area contributed by atoms with Crippen LogP contribution in [-0.4, -0.2) is 22.0 Å². The van der Waals surface area contributed by atoms with E-state index in [4.69, 9.17) is 0 Å². The van der Waals surface area contributed by atoms with Gasteiger partial charge in [0.1, 0.15) is 5.82 Å². The largest absolute Gasteiger partial charge is 0.373 e. The second-order valence-electron chi connectivity index (χ2n) is 4.26. The molecule has 0 aliphatic heterocycles. The van der Waals surface area contributed by atoms with E-state index in [1.165, 1.54) is 0 Å². The van der Waals surface area contributed by atoms with Crippen LogP contribution in [0.25, 0.3) is 10.9 Å². The third-order valence-corrected chi connectivity index (χ3v) is 3.86. The lowest BCUT2D eigenvalue weighted by Crippen LogP contribution is -1.98. The van der Waals surface area contributed by atoms with E-state index in [2.05, 4.69) is 32.4 Å². The van der Waals surface area contributed by atoms with Crippen molar-refractivity contribution in [1.29, 1.82) is 0 Å². The molecule has 4 nitrogen and oxygen atoms in total. The number of para-hydroxylation sites is 1. The van der Waals surface area contributed by atoms with Crippen molar-refractivity contribution < 1.29 is 0 Å². The van der Waals surface area contributed by atoms with Gasteiger partial charge in [-0.25, -0.2) is 15.0 Å². The van der Waals surface area contributed by atoms with Crippen molar-refractivity contribution in [3.63, 3.8) is 0 Å². The molecule has 0 amide bonds. The van der Waals surface area contributed by atoms with Gasteiger partial charge in [-0.1, -0.05) is 30.0 Å². The number of nitrogens with zero attached hydrogens (tertiary/aromatic N) is 3. The first-order valence-corrected chi connectivity index (χ1v) is 7.31. The van der Waals surface area contributed by atoms with Crippen molar-refractivity contribution in [2.45, 2.75) is 10.9 Å². The Morgan fingerprint density at radius 3 is 2.70 bits per heavy atom. The second-order valence-corrected chi connectivity index (χ2v) is 5.20. The number of benzene rings is 1. The Morgan fingerprint density at radius 1 is 1.10 bits per heavy atom. The van der Waals surface area contributed by atoms with Gasteiger partial charge >= 0.3 is 0 Å². The van der Waals surface area contributed by atoms with Gasteiger partial charge in [0, 0.05) is 36.1 Å². The van der Waals surface area contributed by atoms with Gasteiger partial charge in [0.05, 0.1) is 5.52 Å². The normalized spacial score (nSPS) is 10.7. The lowest BCUT2D eigenvalue weighted by molar-refractivity contribution is 0.966. The molecule has 2 aromatic heterocycles. The Hall–Kier alpha value is -2.14. The van der Waals surface area contributed by atoms with E-state index in [1.54, 1.807) is 24.2 Å². The number of anilines is 1. The number of rotatable bonds is 4. The lowest BCUT2D eigenvalue weighted by atomic mass is 10.1. The second kappa shape index (κ2) is 5.88. The molecule has 1 aromatic carbocycles. The minimum atomic E-state index is 0.780. The van der Waals surface area contributed by atoms with Gasteiger partial charge in [0.25, 0.3) is 0 Å². The molecule has 0 bridgehead atoms. The van der Waals surface area contributed by atoms with Crippen LogP contribution in [0.3, 0.4) is 0 Å². The summed E-state index contributed by atoms with van der Waals surface area (Å²) in [7, 11) is 1.89. The summed E-state index contributed by atoms with van der Waals surface area (Å²) in [6.45, 7) is 0. The van der Waals surface area contributed by atoms with Crippen molar-refractivity contribution in [3.05, 3.63) is 54.4 Å². The molecule has 3 aromatic rings. The van der Waals surface area contributed by atoms with E-state index < -0.39 is 0 Å². The van der Waals surface area contributed by atoms with Crippen LogP contribution in [0.4, 0.5) is 5.82 Å². The summed E-state index contributed by atoms with van der Waals surface area (Å²) < 4.78 is 0. The average Bonchev–Trinajstić information content (AvgIpc) is 2.53. The number of hydrogen-bond acceptors (Lipinski definition) is 5. The molecule has 0 spiro atoms. The SMILES string of the molecule is CNc1nc2ccccc2cc1CSc1ncccn1. The maximum Gasteiger partial charge on any atom is 0.187 e. The first-order chi connectivity index (χ1) is 9.86. The van der Waals surface area contributed by atoms with Crippen molar-refractivity contribution in [2.24, 2.45) is 0 Å². The standard InChI is InChI=1S/C15H14N4S/c1-16-14-12(10-20-15-17-7-4-8-18-15)9-11-5-2-3-6-13(11)19-14/h2-9H,10H2,1H3,(H,16,19). The van der Waals surface area contributed by atoms with E-state index >= 15 is 0 Å². The minimum absolute atomic E-state index is 0.780. The molecule has 5 heteroatoms. The zero-order valence-electron chi connectivity index (χ0n) is 11.1. The lowest BCUT2D eigenvalue weighted by Gasteiger charge is -2.09. The van der Waals surface area contributed by atoms with E-state index in [1.807, 2.05) is 31.3 Å². The molecule has 0 saturated carbocycles. The molecule has 0 unspecified atom stereocenters. The molecule has 100 valence electrons. The number of nitrogens with one attached hydrogen (secondary N) is 1. The van der Waals surface area contributed by atoms with Gasteiger partial charge in [-0.05, 0) is 18.2 Å². The average molecular weight is 282 g/mol. The summed E-state index contributed by atoms with van der Waals surface area (Å²) in [5, 5.41) is 5.09. The molecule has 0 fully saturated rings. The fraction of sp³-hybridized carbons (Fsp3) is 0.133. The van der Waals surface area contributed by atoms with Crippen LogP contribution in [0.5, 0.6) is 0 Å². The van der Waals surface area contributed by atoms with Gasteiger partial charge in [0.15, 0.2) is 5.16 Å². The first-order valence-electron chi connectivity index (χ1n) is 6.33. The third-order valence-electron chi connectivity index (χ3n) is 2.94. The van der Waals surface area contributed by atoms with Crippen LogP contribution < -0.4 is 5.32 Å². The highest BCUT2D eigenvalue weighted by atomic mass is 32.2. The van der Waals surface area contributed by atoms with E-state index in [0.717, 1.165) is 33.2 Å². The molecule has 2 heterocycles. The zero-order valence-corrected chi connectivity index (χ0v) is 11.9. The quantitative estimate of drug-likeness (QED) is 0.587. The van der Waals surface area contributed by atoms with Crippen LogP contribution in [0.15, 0.2) is 53.9 Å². The van der Waals surface area contributed by atoms with Gasteiger partial charge < -0.3 is 5.32 Å². The van der Waals surface area contributed by atoms with Crippen LogP contribution in [0.1, 0.15) is 5.56 Å². The number of fused-ring (bicyclic) bond motifs is 1. The smallest absolute Gasteiger partial charge is 0.187 e. The monoisotopic (exact) mass is 282 g/mol. The summed E-state index contributed by atoms with van der Waals surface area (Å²) in [6.07, 6.45) is 3.51. The van der Waals surface area contributed by atoms with E-state index in [-0.39, 0.29) is 0 Å². The highest BCUT2D eigenvalue weighted by Gasteiger charge is 2.07. The fourth-order valence-corrected chi connectivity index (χ4v) is 2.76. The Morgan fingerprint density at radius 2 is 1.90 bits per heavy atom. The molecular weight excluding hydrogens is 268 g/mol. The highest BCUT2D eigenvalue weighted by molar-refractivity contribution is 7.98. The Bertz CT molecular complexity index is 715. The van der Waals surface area contributed by atoms with Crippen LogP contribution in [0.2, 0.25) is 0 Å². The third kappa shape index (κ3) is 2.72. The number of aromatic nitrogens is 3. The number of pyridine rings is 1. The molecule has 0 aliphatic carbocycles. The minimum Gasteiger partial charge on any atom is -0.373 e. The first kappa shape index (κ1) is 12.9. The zero-order chi connectivity index (χ0) is 13.8. The summed E-state index contributed by atoms with van der Waals surface area (Å²) in [6, 6.07) is 12.1. The Labute approximate surface area is 121 Å². The Kier molecular flexibility index (Phi) is 3.78. The molecule has 0 atom stereocenters. The predicted molar refractivity (Wildman–Crippen MR) is 82.9 cm³/mol. The van der Waals surface area contributed by atoms with E-state index in [0.29, 0.717) is 0 Å². The van der Waals surface area contributed by atoms with E-state index in [9.17, 15) is 0 Å². The van der Waals surface area contributed by atoms with Crippen molar-refractivity contribution in [3.8, 4) is 0 Å². The molecular formula is C15H14N4S. The molecule has 0 aliphatic rings. The molecule has 0 radical (unpaired) electrons. The van der Waals surface area contributed by atoms with Crippen LogP contribution >= 0.6 is 11.8 Å². The summed E-state index contributed by atoms with van der Waals surface area (Å²) in [4.78, 5) is 13.1. The summed E-state index contributed by atoms with van der Waals surface area (Å²) in [5.74, 6) is 1.70. The topological polar surface area (TPSA) is 50.7 Å². The molecule has 1 N–H and O–H groups in total. The number of hydrogen-bond donors (Lipinski definition) is 1. The molecule has 3 rings (SSSR count). The van der Waals surface area contributed by atoms with Gasteiger partial charge in [0.2, 0.25) is 0 Å². The summed E-state index contributed by atoms with van der Waals surface area (Å²) >= 11 is 1.61. The number of thioether (sulfide) groups is 1. The maximum atomic E-state index is 4.64. The molecule has 0 saturated heterocycles. The van der Waals surface area contributed by atoms with Crippen molar-refractivity contribution >= 4 is 28.5 Å². The fourth-order valence-electron chi connectivity index (χ4n) is 1.99. The van der Waals surface area contributed by atoms with Crippen LogP contribution in [-0.2, 0) is 5.75 Å². The predicted octanol–water partition coefficient (Wildman–Crippen LogP) is 3.36. The van der Waals surface area contributed by atoms with Crippen LogP contribution in [0, 0.1) is 0 Å². The molecule has 20 heavy (non-hydrogen) atoms. The van der Waals surface area contributed by atoms with Gasteiger partial charge in [-0.2, -0.15) is 0 Å².